The zero-order valence-corrected chi connectivity index (χ0v) is 33.2. The molecule has 0 aliphatic carbocycles. The zero-order valence-electron chi connectivity index (χ0n) is 31.4. The highest BCUT2D eigenvalue weighted by molar-refractivity contribution is 7.53. The van der Waals surface area contributed by atoms with Gasteiger partial charge in [-0.25, -0.2) is 29.1 Å². The van der Waals surface area contributed by atoms with E-state index >= 15 is 0 Å². The normalized spacial score (nSPS) is 25.9. The predicted molar refractivity (Wildman–Crippen MR) is 199 cm³/mol. The maximum atomic E-state index is 14.0. The molecule has 0 spiro atoms. The molecular formula is C31H44N10O16P2. The van der Waals surface area contributed by atoms with E-state index in [-0.39, 0.29) is 54.4 Å². The van der Waals surface area contributed by atoms with Crippen LogP contribution in [0.4, 0.5) is 11.6 Å². The molecule has 5 rings (SSSR count). The van der Waals surface area contributed by atoms with Crippen molar-refractivity contribution in [2.24, 2.45) is 0 Å². The van der Waals surface area contributed by atoms with Crippen molar-refractivity contribution in [3.8, 4) is 0 Å². The second-order valence-electron chi connectivity index (χ2n) is 13.5. The Bertz CT molecular complexity index is 2180. The van der Waals surface area contributed by atoms with Crippen molar-refractivity contribution in [1.29, 1.82) is 0 Å². The molecule has 3 aromatic heterocycles. The molecule has 10 N–H and O–H groups in total. The highest BCUT2D eigenvalue weighted by atomic mass is 31.2. The maximum Gasteiger partial charge on any atom is 0.469 e. The van der Waals surface area contributed by atoms with E-state index in [1.807, 2.05) is 0 Å². The van der Waals surface area contributed by atoms with E-state index in [9.17, 15) is 53.2 Å². The van der Waals surface area contributed by atoms with Crippen LogP contribution in [0.1, 0.15) is 38.1 Å². The van der Waals surface area contributed by atoms with E-state index in [0.717, 1.165) is 18.6 Å². The molecule has 324 valence electrons. The molecule has 2 amide bonds. The second-order valence-corrected chi connectivity index (χ2v) is 16.8. The van der Waals surface area contributed by atoms with Crippen LogP contribution in [0.2, 0.25) is 0 Å². The Balaban J connectivity index is 1.45. The average molecular weight is 875 g/mol. The Morgan fingerprint density at radius 1 is 1.02 bits per heavy atom. The quantitative estimate of drug-likeness (QED) is 0.0377. The first-order chi connectivity index (χ1) is 27.7. The molecule has 2 unspecified atom stereocenters. The molecular weight excluding hydrogens is 830 g/mol. The summed E-state index contributed by atoms with van der Waals surface area (Å²) >= 11 is 0. The number of carbonyl (C=O) groups excluding carboxylic acids is 3. The Hall–Kier alpha value is -4.72. The molecule has 5 heterocycles. The first kappa shape index (κ1) is 45.4. The third kappa shape index (κ3) is 10.7. The number of carbonyl (C=O) groups is 3. The molecule has 0 bridgehead atoms. The van der Waals surface area contributed by atoms with E-state index in [2.05, 4.69) is 36.4 Å². The van der Waals surface area contributed by atoms with Gasteiger partial charge in [0.1, 0.15) is 53.8 Å². The van der Waals surface area contributed by atoms with Crippen LogP contribution in [-0.2, 0) is 46.8 Å². The average Bonchev–Trinajstić information content (AvgIpc) is 3.83. The lowest BCUT2D eigenvalue weighted by Gasteiger charge is -2.27. The number of phosphoric acid groups is 1. The molecule has 0 saturated carbocycles. The smallest absolute Gasteiger partial charge is 0.455 e. The monoisotopic (exact) mass is 874 g/mol. The van der Waals surface area contributed by atoms with Crippen molar-refractivity contribution in [1.82, 2.24) is 39.3 Å². The van der Waals surface area contributed by atoms with E-state index in [1.165, 1.54) is 36.0 Å². The number of hydrogen-bond donors (Lipinski definition) is 8. The van der Waals surface area contributed by atoms with Gasteiger partial charge in [0.25, 0.3) is 0 Å². The Morgan fingerprint density at radius 2 is 1.69 bits per heavy atom. The topological polar surface area (TPSA) is 378 Å². The molecule has 3 aromatic rings. The van der Waals surface area contributed by atoms with Gasteiger partial charge >= 0.3 is 27.1 Å². The number of allylic oxidation sites excluding steroid dienone is 1. The Morgan fingerprint density at radius 3 is 2.36 bits per heavy atom. The van der Waals surface area contributed by atoms with Crippen molar-refractivity contribution >= 4 is 56.0 Å². The number of aromatic nitrogens is 6. The van der Waals surface area contributed by atoms with E-state index in [0.29, 0.717) is 4.57 Å². The molecule has 0 radical (unpaired) electrons. The molecule has 2 aliphatic heterocycles. The van der Waals surface area contributed by atoms with Gasteiger partial charge < -0.3 is 65.3 Å². The number of nitrogens with zero attached hydrogens (tertiary/aromatic N) is 7. The Kier molecular flexibility index (Phi) is 14.4. The minimum Gasteiger partial charge on any atom is -0.455 e. The van der Waals surface area contributed by atoms with Crippen LogP contribution in [0.25, 0.3) is 11.2 Å². The summed E-state index contributed by atoms with van der Waals surface area (Å²) in [5.41, 5.74) is 8.52. The second kappa shape index (κ2) is 18.7. The van der Waals surface area contributed by atoms with E-state index in [1.54, 1.807) is 0 Å². The van der Waals surface area contributed by atoms with Gasteiger partial charge in [0.05, 0.1) is 19.5 Å². The number of aliphatic hydroxyl groups is 2. The molecule has 28 heteroatoms. The number of nitrogens with two attached hydrogens (primary N) is 2. The van der Waals surface area contributed by atoms with Crippen LogP contribution in [-0.4, -0.2) is 146 Å². The molecule has 2 fully saturated rings. The first-order valence-electron chi connectivity index (χ1n) is 17.6. The lowest BCUT2D eigenvalue weighted by Crippen LogP contribution is -2.47. The number of nitrogens with one attached hydrogen (secondary N) is 1. The molecule has 59 heavy (non-hydrogen) atoms. The summed E-state index contributed by atoms with van der Waals surface area (Å²) in [4.78, 5) is 98.5. The molecule has 2 saturated heterocycles. The van der Waals surface area contributed by atoms with Crippen LogP contribution in [0.15, 0.2) is 42.4 Å². The summed E-state index contributed by atoms with van der Waals surface area (Å²) in [6.07, 6.45) is -7.74. The van der Waals surface area contributed by atoms with Crippen LogP contribution < -0.4 is 22.5 Å². The van der Waals surface area contributed by atoms with Crippen molar-refractivity contribution in [3.63, 3.8) is 0 Å². The highest BCUT2D eigenvalue weighted by Gasteiger charge is 2.56. The van der Waals surface area contributed by atoms with Gasteiger partial charge in [0.15, 0.2) is 30.0 Å². The number of phosphoric ester groups is 1. The number of hydrogen-bond acceptors (Lipinski definition) is 19. The van der Waals surface area contributed by atoms with Crippen LogP contribution >= 0.6 is 15.4 Å². The van der Waals surface area contributed by atoms with E-state index < -0.39 is 101 Å². The molecule has 0 aromatic carbocycles. The summed E-state index contributed by atoms with van der Waals surface area (Å²) in [7, 11) is -7.52. The minimum absolute atomic E-state index is 0.0300. The largest absolute Gasteiger partial charge is 0.469 e. The number of anilines is 2. The van der Waals surface area contributed by atoms with Crippen molar-refractivity contribution < 1.29 is 71.7 Å². The zero-order chi connectivity index (χ0) is 43.4. The number of esters is 1. The van der Waals surface area contributed by atoms with Crippen LogP contribution in [0, 0.1) is 0 Å². The van der Waals surface area contributed by atoms with Gasteiger partial charge in [-0.15, -0.1) is 6.58 Å². The van der Waals surface area contributed by atoms with Gasteiger partial charge in [-0.2, -0.15) is 4.98 Å². The fourth-order valence-corrected chi connectivity index (χ4v) is 8.28. The van der Waals surface area contributed by atoms with Gasteiger partial charge in [0, 0.05) is 33.1 Å². The lowest BCUT2D eigenvalue weighted by atomic mass is 10.1. The molecule has 26 nitrogen and oxygen atoms in total. The summed E-state index contributed by atoms with van der Waals surface area (Å²) < 4.78 is 54.9. The predicted octanol–water partition coefficient (Wildman–Crippen LogP) is -2.32. The van der Waals surface area contributed by atoms with Gasteiger partial charge in [-0.1, -0.05) is 6.08 Å². The van der Waals surface area contributed by atoms with Crippen molar-refractivity contribution in [2.75, 3.05) is 38.8 Å². The fourth-order valence-electron chi connectivity index (χ4n) is 6.30. The van der Waals surface area contributed by atoms with Crippen molar-refractivity contribution in [2.45, 2.75) is 80.4 Å². The number of fused-ring (bicyclic) bond motifs is 1. The lowest BCUT2D eigenvalue weighted by molar-refractivity contribution is -0.160. The fraction of sp³-hybridized carbons (Fsp3) is 0.548. The van der Waals surface area contributed by atoms with E-state index in [4.69, 9.17) is 30.2 Å². The number of imidazole rings is 1. The number of rotatable bonds is 18. The highest BCUT2D eigenvalue weighted by Crippen LogP contribution is 2.56. The third-order valence-corrected chi connectivity index (χ3v) is 11.6. The summed E-state index contributed by atoms with van der Waals surface area (Å²) in [6.45, 7) is 1.50. The standard InChI is InChI=1S/C31H44N10O16P2/c1-4-5-6-19(42)37-15(7-8-20(43)39(2)3)30(46)57-24-16(55-28(22(24)44)41-14-36-21-26(33)34-13-35-27(21)41)11-53-58(48,49)25-17(12-54-59(50,51)52)56-29(23(25)45)40-10-9-18(32)38-31(40)47/h4,9-10,13-17,22-25,28-29,44-45H,1,5-8,11-12H2,2-3H3,(H,37,42)(H,48,49)(H2,32,38,47)(H2,33,34,35)(H2,50,51,52)/t15-,16?,17+,22+,23+,24+,25+,28+,29+/m0/s1. The van der Waals surface area contributed by atoms with Gasteiger partial charge in [0.2, 0.25) is 11.8 Å². The first-order valence-corrected chi connectivity index (χ1v) is 20.8. The van der Waals surface area contributed by atoms with Gasteiger partial charge in [-0.3, -0.25) is 27.8 Å². The summed E-state index contributed by atoms with van der Waals surface area (Å²) in [5.74, 6) is -2.33. The number of ether oxygens (including phenoxy) is 3. The number of nitrogen functional groups attached to an aromatic ring is 2. The van der Waals surface area contributed by atoms with Crippen molar-refractivity contribution in [3.05, 3.63) is 48.1 Å². The SMILES string of the molecule is C=CCCC(=O)N[C@@H](CCC(=O)N(C)C)C(=O)O[C@@H]1C(COP(=O)(O)[C@H]2[C@@H](O)[C@H](n3ccc(N)nc3=O)O[C@@H]2COP(=O)(O)O)O[C@@H](n2cnc3c(N)ncnc32)[C@@H]1O. The van der Waals surface area contributed by atoms with Crippen LogP contribution in [0.3, 0.4) is 0 Å². The minimum atomic E-state index is -5.29. The van der Waals surface area contributed by atoms with Gasteiger partial charge in [-0.05, 0) is 18.9 Å². The molecule has 10 atom stereocenters. The Labute approximate surface area is 333 Å². The summed E-state index contributed by atoms with van der Waals surface area (Å²) in [6, 6.07) is -0.277. The summed E-state index contributed by atoms with van der Waals surface area (Å²) in [5, 5.41) is 25.4. The number of aliphatic hydroxyl groups excluding tert-OH is 2. The molecule has 2 aliphatic rings. The maximum absolute atomic E-state index is 14.0. The number of amides is 2. The van der Waals surface area contributed by atoms with Crippen LogP contribution in [0.5, 0.6) is 0 Å². The third-order valence-electron chi connectivity index (χ3n) is 9.23.